The van der Waals surface area contributed by atoms with Crippen LogP contribution in [-0.2, 0) is 0 Å². The van der Waals surface area contributed by atoms with Crippen molar-refractivity contribution in [3.05, 3.63) is 0 Å². The molecule has 0 unspecified atom stereocenters. The lowest BCUT2D eigenvalue weighted by Crippen LogP contribution is -2.16. The maximum absolute atomic E-state index is 3.72. The summed E-state index contributed by atoms with van der Waals surface area (Å²) < 4.78 is 0. The van der Waals surface area contributed by atoms with E-state index in [1.807, 2.05) is 0 Å². The summed E-state index contributed by atoms with van der Waals surface area (Å²) in [4.78, 5) is 0. The lowest BCUT2D eigenvalue weighted by Gasteiger charge is -2.12. The first kappa shape index (κ1) is 7.70. The SMILES string of the molecule is CC[Si](C)(Br)CC. The van der Waals surface area contributed by atoms with Crippen molar-refractivity contribution in [3.8, 4) is 0 Å². The summed E-state index contributed by atoms with van der Waals surface area (Å²) >= 11 is 3.72. The molecule has 0 saturated carbocycles. The third kappa shape index (κ3) is 3.29. The first-order chi connectivity index (χ1) is 3.12. The third-order valence-electron chi connectivity index (χ3n) is 1.47. The van der Waals surface area contributed by atoms with Gasteiger partial charge >= 0.3 is 0 Å². The fourth-order valence-corrected chi connectivity index (χ4v) is 0.750. The standard InChI is InChI=1S/C5H13BrSi/c1-4-7(3,6)5-2/h4-5H2,1-3H3. The topological polar surface area (TPSA) is 0 Å². The molecule has 0 amide bonds. The average Bonchev–Trinajstić information content (AvgIpc) is 1.68. The normalized spacial score (nSPS) is 12.0. The van der Waals surface area contributed by atoms with Crippen LogP contribution >= 0.6 is 15.3 Å². The number of rotatable bonds is 2. The van der Waals surface area contributed by atoms with Crippen LogP contribution in [0.3, 0.4) is 0 Å². The molecule has 2 heteroatoms. The minimum Gasteiger partial charge on any atom is -0.127 e. The van der Waals surface area contributed by atoms with Crippen molar-refractivity contribution in [2.24, 2.45) is 0 Å². The van der Waals surface area contributed by atoms with Gasteiger partial charge in [0.1, 0.15) is 6.69 Å². The summed E-state index contributed by atoms with van der Waals surface area (Å²) in [5.74, 6) is 0. The summed E-state index contributed by atoms with van der Waals surface area (Å²) in [5.41, 5.74) is 0. The molecule has 0 aromatic heterocycles. The van der Waals surface area contributed by atoms with Crippen LogP contribution in [0, 0.1) is 0 Å². The van der Waals surface area contributed by atoms with Crippen LogP contribution in [0.25, 0.3) is 0 Å². The van der Waals surface area contributed by atoms with Gasteiger partial charge in [-0.15, -0.1) is 15.3 Å². The number of hydrogen-bond acceptors (Lipinski definition) is 0. The molecule has 0 spiro atoms. The van der Waals surface area contributed by atoms with Gasteiger partial charge in [-0.3, -0.25) is 0 Å². The Hall–Kier alpha value is 0.697. The van der Waals surface area contributed by atoms with Crippen LogP contribution in [0.15, 0.2) is 0 Å². The van der Waals surface area contributed by atoms with Crippen molar-refractivity contribution >= 4 is 22.0 Å². The second-order valence-electron chi connectivity index (χ2n) is 2.12. The van der Waals surface area contributed by atoms with E-state index < -0.39 is 6.69 Å². The third-order valence-corrected chi connectivity index (χ3v) is 7.79. The van der Waals surface area contributed by atoms with E-state index >= 15 is 0 Å². The van der Waals surface area contributed by atoms with Gasteiger partial charge in [-0.2, -0.15) is 0 Å². The maximum atomic E-state index is 3.72. The Kier molecular flexibility index (Phi) is 3.16. The van der Waals surface area contributed by atoms with Crippen molar-refractivity contribution in [1.29, 1.82) is 0 Å². The smallest absolute Gasteiger partial charge is 0.126 e. The minimum absolute atomic E-state index is 0.839. The molecule has 44 valence electrons. The molecule has 0 aliphatic heterocycles. The Morgan fingerprint density at radius 3 is 1.57 bits per heavy atom. The summed E-state index contributed by atoms with van der Waals surface area (Å²) in [7, 11) is 0. The molecule has 0 fully saturated rings. The van der Waals surface area contributed by atoms with Crippen molar-refractivity contribution in [2.75, 3.05) is 0 Å². The maximum Gasteiger partial charge on any atom is 0.126 e. The molecule has 0 atom stereocenters. The number of hydrogen-bond donors (Lipinski definition) is 0. The molecule has 7 heavy (non-hydrogen) atoms. The second-order valence-corrected chi connectivity index (χ2v) is 12.1. The minimum atomic E-state index is -0.839. The fraction of sp³-hybridized carbons (Fsp3) is 1.00. The zero-order valence-corrected chi connectivity index (χ0v) is 7.88. The summed E-state index contributed by atoms with van der Waals surface area (Å²) in [6.45, 7) is 6.02. The van der Waals surface area contributed by atoms with Gasteiger partial charge in [0.2, 0.25) is 0 Å². The highest BCUT2D eigenvalue weighted by Crippen LogP contribution is 2.20. The van der Waals surface area contributed by atoms with Crippen LogP contribution in [-0.4, -0.2) is 6.69 Å². The fourth-order valence-electron chi connectivity index (χ4n) is 0.250. The van der Waals surface area contributed by atoms with E-state index in [9.17, 15) is 0 Å². The van der Waals surface area contributed by atoms with Crippen LogP contribution in [0.4, 0.5) is 0 Å². The zero-order valence-electron chi connectivity index (χ0n) is 5.29. The Balaban J connectivity index is 3.36. The van der Waals surface area contributed by atoms with Crippen molar-refractivity contribution in [3.63, 3.8) is 0 Å². The highest BCUT2D eigenvalue weighted by molar-refractivity contribution is 9.26. The average molecular weight is 181 g/mol. The van der Waals surface area contributed by atoms with Crippen molar-refractivity contribution in [2.45, 2.75) is 32.5 Å². The predicted molar refractivity (Wildman–Crippen MR) is 41.5 cm³/mol. The van der Waals surface area contributed by atoms with Gasteiger partial charge in [-0.05, 0) is 0 Å². The number of halogens is 1. The van der Waals surface area contributed by atoms with E-state index in [-0.39, 0.29) is 0 Å². The molecule has 0 aliphatic rings. The second kappa shape index (κ2) is 2.87. The molecule has 0 saturated heterocycles. The molecule has 0 aromatic carbocycles. The first-order valence-corrected chi connectivity index (χ1v) is 7.98. The van der Waals surface area contributed by atoms with E-state index in [1.54, 1.807) is 0 Å². The largest absolute Gasteiger partial charge is 0.127 e. The van der Waals surface area contributed by atoms with E-state index in [4.69, 9.17) is 0 Å². The molecule has 0 rings (SSSR count). The molecular weight excluding hydrogens is 168 g/mol. The Labute approximate surface area is 54.9 Å². The molecule has 0 heterocycles. The van der Waals surface area contributed by atoms with E-state index in [1.165, 1.54) is 12.1 Å². The van der Waals surface area contributed by atoms with Gasteiger partial charge in [-0.25, -0.2) is 0 Å². The van der Waals surface area contributed by atoms with E-state index in [2.05, 4.69) is 35.7 Å². The Morgan fingerprint density at radius 2 is 1.57 bits per heavy atom. The van der Waals surface area contributed by atoms with Crippen molar-refractivity contribution < 1.29 is 0 Å². The lowest BCUT2D eigenvalue weighted by atomic mass is 10.9. The van der Waals surface area contributed by atoms with Gasteiger partial charge in [0.05, 0.1) is 0 Å². The van der Waals surface area contributed by atoms with E-state index in [0.717, 1.165) is 0 Å². The zero-order chi connectivity index (χ0) is 5.91. The summed E-state index contributed by atoms with van der Waals surface area (Å²) in [5, 5.41) is 0. The predicted octanol–water partition coefficient (Wildman–Crippen LogP) is 3.00. The first-order valence-electron chi connectivity index (χ1n) is 2.81. The quantitative estimate of drug-likeness (QED) is 0.453. The monoisotopic (exact) mass is 180 g/mol. The highest BCUT2D eigenvalue weighted by atomic mass is 79.9. The van der Waals surface area contributed by atoms with Gasteiger partial charge in [-0.1, -0.05) is 32.5 Å². The van der Waals surface area contributed by atoms with Gasteiger partial charge < -0.3 is 0 Å². The van der Waals surface area contributed by atoms with Gasteiger partial charge in [0.15, 0.2) is 0 Å². The van der Waals surface area contributed by atoms with Crippen LogP contribution < -0.4 is 0 Å². The van der Waals surface area contributed by atoms with Crippen molar-refractivity contribution in [1.82, 2.24) is 0 Å². The van der Waals surface area contributed by atoms with Crippen LogP contribution in [0.5, 0.6) is 0 Å². The molecule has 0 aromatic rings. The molecule has 0 aliphatic carbocycles. The summed E-state index contributed by atoms with van der Waals surface area (Å²) in [6, 6.07) is 2.70. The lowest BCUT2D eigenvalue weighted by molar-refractivity contribution is 1.30. The van der Waals surface area contributed by atoms with Gasteiger partial charge in [0, 0.05) is 0 Å². The van der Waals surface area contributed by atoms with Crippen LogP contribution in [0.2, 0.25) is 18.6 Å². The molecule has 0 N–H and O–H groups in total. The summed E-state index contributed by atoms with van der Waals surface area (Å²) in [6.07, 6.45) is 0. The van der Waals surface area contributed by atoms with E-state index in [0.29, 0.717) is 0 Å². The molecule has 0 radical (unpaired) electrons. The van der Waals surface area contributed by atoms with Crippen LogP contribution in [0.1, 0.15) is 13.8 Å². The Bertz CT molecular complexity index is 46.0. The highest BCUT2D eigenvalue weighted by Gasteiger charge is 2.16. The molecule has 0 nitrogen and oxygen atoms in total. The van der Waals surface area contributed by atoms with Gasteiger partial charge in [0.25, 0.3) is 0 Å². The Morgan fingerprint density at radius 1 is 1.29 bits per heavy atom. The molecule has 0 bridgehead atoms. The molecular formula is C5H13BrSi.